The number of aliphatic hydroxyl groups is 1. The SMILES string of the molecule is C[C@@H](O)c1cc(F)ccc1OCCSC(F)(F)F. The van der Waals surface area contributed by atoms with Crippen molar-refractivity contribution in [3.05, 3.63) is 29.6 Å². The first-order valence-electron chi connectivity index (χ1n) is 5.10. The Morgan fingerprint density at radius 1 is 1.39 bits per heavy atom. The van der Waals surface area contributed by atoms with Crippen molar-refractivity contribution < 1.29 is 27.4 Å². The summed E-state index contributed by atoms with van der Waals surface area (Å²) in [5.41, 5.74) is -4.08. The van der Waals surface area contributed by atoms with Crippen LogP contribution in [0.25, 0.3) is 0 Å². The summed E-state index contributed by atoms with van der Waals surface area (Å²) in [5.74, 6) is -0.614. The fourth-order valence-corrected chi connectivity index (χ4v) is 1.68. The molecule has 0 bridgehead atoms. The van der Waals surface area contributed by atoms with Crippen molar-refractivity contribution >= 4 is 11.8 Å². The molecular weight excluding hydrogens is 272 g/mol. The highest BCUT2D eigenvalue weighted by atomic mass is 32.2. The molecule has 1 rings (SSSR count). The standard InChI is InChI=1S/C11H12F4O2S/c1-7(16)9-6-8(12)2-3-10(9)17-4-5-18-11(13,14)15/h2-3,6-7,16H,4-5H2,1H3/t7-/m1/s1. The first-order chi connectivity index (χ1) is 8.29. The minimum Gasteiger partial charge on any atom is -0.492 e. The van der Waals surface area contributed by atoms with Crippen LogP contribution in [0.1, 0.15) is 18.6 Å². The van der Waals surface area contributed by atoms with Gasteiger partial charge >= 0.3 is 5.51 Å². The Morgan fingerprint density at radius 3 is 2.61 bits per heavy atom. The second-order valence-electron chi connectivity index (χ2n) is 3.50. The molecule has 102 valence electrons. The number of rotatable bonds is 5. The van der Waals surface area contributed by atoms with Gasteiger partial charge in [0.1, 0.15) is 11.6 Å². The topological polar surface area (TPSA) is 29.5 Å². The van der Waals surface area contributed by atoms with E-state index in [2.05, 4.69) is 0 Å². The fraction of sp³-hybridized carbons (Fsp3) is 0.455. The molecular formula is C11H12F4O2S. The van der Waals surface area contributed by atoms with E-state index in [0.29, 0.717) is 0 Å². The van der Waals surface area contributed by atoms with Crippen LogP contribution in [0.3, 0.4) is 0 Å². The summed E-state index contributed by atoms with van der Waals surface area (Å²) in [5, 5.41) is 9.38. The molecule has 0 aliphatic carbocycles. The lowest BCUT2D eigenvalue weighted by atomic mass is 10.1. The van der Waals surface area contributed by atoms with Gasteiger partial charge < -0.3 is 9.84 Å². The van der Waals surface area contributed by atoms with E-state index in [1.54, 1.807) is 0 Å². The van der Waals surface area contributed by atoms with Gasteiger partial charge in [0, 0.05) is 11.3 Å². The summed E-state index contributed by atoms with van der Waals surface area (Å²) in [6.45, 7) is 1.25. The molecule has 7 heteroatoms. The predicted molar refractivity (Wildman–Crippen MR) is 61.0 cm³/mol. The smallest absolute Gasteiger partial charge is 0.441 e. The maximum atomic E-state index is 12.9. The lowest BCUT2D eigenvalue weighted by Gasteiger charge is -2.13. The molecule has 0 unspecified atom stereocenters. The summed E-state index contributed by atoms with van der Waals surface area (Å²) in [4.78, 5) is 0. The summed E-state index contributed by atoms with van der Waals surface area (Å²) in [7, 11) is 0. The molecule has 1 atom stereocenters. The molecule has 1 N–H and O–H groups in total. The monoisotopic (exact) mass is 284 g/mol. The quantitative estimate of drug-likeness (QED) is 0.662. The molecule has 1 aromatic carbocycles. The Kier molecular flexibility index (Phi) is 5.28. The Morgan fingerprint density at radius 2 is 2.06 bits per heavy atom. The van der Waals surface area contributed by atoms with E-state index in [9.17, 15) is 22.7 Å². The third-order valence-electron chi connectivity index (χ3n) is 2.03. The molecule has 0 amide bonds. The van der Waals surface area contributed by atoms with Gasteiger partial charge in [-0.15, -0.1) is 0 Å². The maximum absolute atomic E-state index is 12.9. The van der Waals surface area contributed by atoms with Crippen LogP contribution >= 0.6 is 11.8 Å². The van der Waals surface area contributed by atoms with E-state index in [-0.39, 0.29) is 35.4 Å². The van der Waals surface area contributed by atoms with Crippen molar-refractivity contribution in [1.29, 1.82) is 0 Å². The molecule has 18 heavy (non-hydrogen) atoms. The number of hydrogen-bond acceptors (Lipinski definition) is 3. The second-order valence-corrected chi connectivity index (χ2v) is 4.66. The van der Waals surface area contributed by atoms with Gasteiger partial charge in [0.25, 0.3) is 0 Å². The highest BCUT2D eigenvalue weighted by Gasteiger charge is 2.27. The lowest BCUT2D eigenvalue weighted by molar-refractivity contribution is -0.0329. The fourth-order valence-electron chi connectivity index (χ4n) is 1.29. The summed E-state index contributed by atoms with van der Waals surface area (Å²) >= 11 is -0.191. The van der Waals surface area contributed by atoms with E-state index in [1.807, 2.05) is 0 Å². The van der Waals surface area contributed by atoms with Crippen LogP contribution in [0.15, 0.2) is 18.2 Å². The van der Waals surface area contributed by atoms with Crippen molar-refractivity contribution in [2.24, 2.45) is 0 Å². The van der Waals surface area contributed by atoms with Crippen LogP contribution in [0.5, 0.6) is 5.75 Å². The average Bonchev–Trinajstić information content (AvgIpc) is 2.24. The minimum atomic E-state index is -4.29. The summed E-state index contributed by atoms with van der Waals surface area (Å²) in [6, 6.07) is 3.50. The molecule has 0 aromatic heterocycles. The van der Waals surface area contributed by atoms with Crippen molar-refractivity contribution in [2.45, 2.75) is 18.5 Å². The molecule has 0 radical (unpaired) electrons. The first-order valence-corrected chi connectivity index (χ1v) is 6.09. The molecule has 0 aliphatic rings. The van der Waals surface area contributed by atoms with E-state index >= 15 is 0 Å². The predicted octanol–water partition coefficient (Wildman–Crippen LogP) is 3.51. The van der Waals surface area contributed by atoms with Crippen molar-refractivity contribution in [1.82, 2.24) is 0 Å². The van der Waals surface area contributed by atoms with E-state index in [0.717, 1.165) is 12.1 Å². The van der Waals surface area contributed by atoms with Gasteiger partial charge in [-0.2, -0.15) is 13.2 Å². The number of ether oxygens (including phenoxy) is 1. The van der Waals surface area contributed by atoms with Gasteiger partial charge in [0.2, 0.25) is 0 Å². The number of thioether (sulfide) groups is 1. The van der Waals surface area contributed by atoms with E-state index in [4.69, 9.17) is 4.74 Å². The molecule has 0 saturated carbocycles. The Bertz CT molecular complexity index is 393. The van der Waals surface area contributed by atoms with Gasteiger partial charge in [-0.05, 0) is 36.9 Å². The molecule has 1 aromatic rings. The molecule has 2 nitrogen and oxygen atoms in total. The van der Waals surface area contributed by atoms with Crippen LogP contribution in [0, 0.1) is 5.82 Å². The second kappa shape index (κ2) is 6.29. The molecule has 0 saturated heterocycles. The van der Waals surface area contributed by atoms with E-state index < -0.39 is 17.4 Å². The zero-order valence-corrected chi connectivity index (χ0v) is 10.3. The van der Waals surface area contributed by atoms with Gasteiger partial charge in [0.05, 0.1) is 12.7 Å². The van der Waals surface area contributed by atoms with E-state index in [1.165, 1.54) is 13.0 Å². The minimum absolute atomic E-state index is 0.171. The van der Waals surface area contributed by atoms with Crippen molar-refractivity contribution in [2.75, 3.05) is 12.4 Å². The Labute approximate surface area is 106 Å². The zero-order valence-electron chi connectivity index (χ0n) is 9.50. The third-order valence-corrected chi connectivity index (χ3v) is 2.73. The number of aliphatic hydroxyl groups excluding tert-OH is 1. The van der Waals surface area contributed by atoms with Gasteiger partial charge in [0.15, 0.2) is 0 Å². The van der Waals surface area contributed by atoms with Crippen molar-refractivity contribution in [3.63, 3.8) is 0 Å². The highest BCUT2D eigenvalue weighted by molar-refractivity contribution is 8.00. The average molecular weight is 284 g/mol. The van der Waals surface area contributed by atoms with Gasteiger partial charge in [-0.1, -0.05) is 0 Å². The number of hydrogen-bond donors (Lipinski definition) is 1. The summed E-state index contributed by atoms with van der Waals surface area (Å²) < 4.78 is 53.6. The molecule has 0 fully saturated rings. The third kappa shape index (κ3) is 5.14. The number of alkyl halides is 3. The highest BCUT2D eigenvalue weighted by Crippen LogP contribution is 2.30. The molecule has 0 spiro atoms. The Balaban J connectivity index is 2.57. The van der Waals surface area contributed by atoms with Crippen LogP contribution < -0.4 is 4.74 Å². The van der Waals surface area contributed by atoms with Crippen LogP contribution in [0.4, 0.5) is 17.6 Å². The normalized spacial score (nSPS) is 13.4. The number of benzene rings is 1. The van der Waals surface area contributed by atoms with Crippen molar-refractivity contribution in [3.8, 4) is 5.75 Å². The van der Waals surface area contributed by atoms with Crippen LogP contribution in [0.2, 0.25) is 0 Å². The van der Waals surface area contributed by atoms with Gasteiger partial charge in [-0.25, -0.2) is 4.39 Å². The lowest BCUT2D eigenvalue weighted by Crippen LogP contribution is -2.09. The molecule has 0 aliphatic heterocycles. The van der Waals surface area contributed by atoms with Crippen LogP contribution in [-0.4, -0.2) is 23.0 Å². The maximum Gasteiger partial charge on any atom is 0.441 e. The van der Waals surface area contributed by atoms with Gasteiger partial charge in [-0.3, -0.25) is 0 Å². The number of halogens is 4. The first kappa shape index (κ1) is 15.1. The van der Waals surface area contributed by atoms with Crippen LogP contribution in [-0.2, 0) is 0 Å². The summed E-state index contributed by atoms with van der Waals surface area (Å²) in [6.07, 6.45) is -0.953. The largest absolute Gasteiger partial charge is 0.492 e. The Hall–Kier alpha value is -0.950. The zero-order chi connectivity index (χ0) is 13.8. The molecule has 0 heterocycles.